The highest BCUT2D eigenvalue weighted by molar-refractivity contribution is 9.10. The number of anilines is 1. The molecule has 108 valence electrons. The van der Waals surface area contributed by atoms with Crippen LogP contribution in [0.3, 0.4) is 0 Å². The van der Waals surface area contributed by atoms with Gasteiger partial charge in [-0.05, 0) is 41.8 Å². The second-order valence-corrected chi connectivity index (χ2v) is 6.17. The molecule has 2 atom stereocenters. The number of hydrogen-bond acceptors (Lipinski definition) is 2. The first-order chi connectivity index (χ1) is 10.1. The van der Waals surface area contributed by atoms with Gasteiger partial charge >= 0.3 is 0 Å². The molecule has 1 saturated heterocycles. The van der Waals surface area contributed by atoms with Crippen molar-refractivity contribution in [1.29, 1.82) is 0 Å². The molecule has 0 saturated carbocycles. The van der Waals surface area contributed by atoms with Crippen LogP contribution in [-0.2, 0) is 11.2 Å². The highest BCUT2D eigenvalue weighted by Crippen LogP contribution is 2.38. The fourth-order valence-corrected chi connectivity index (χ4v) is 2.97. The summed E-state index contributed by atoms with van der Waals surface area (Å²) in [6, 6.07) is 15.5. The van der Waals surface area contributed by atoms with Crippen LogP contribution in [-0.4, -0.2) is 11.9 Å². The van der Waals surface area contributed by atoms with E-state index in [0.29, 0.717) is 0 Å². The number of carbonyl (C=O) groups excluding carboxylic acids is 1. The maximum absolute atomic E-state index is 12.1. The van der Waals surface area contributed by atoms with Gasteiger partial charge in [-0.2, -0.15) is 0 Å². The molecule has 1 fully saturated rings. The minimum Gasteiger partial charge on any atom is -0.318 e. The third-order valence-corrected chi connectivity index (χ3v) is 4.50. The van der Waals surface area contributed by atoms with Crippen LogP contribution >= 0.6 is 15.9 Å². The van der Waals surface area contributed by atoms with Crippen LogP contribution < -0.4 is 10.6 Å². The highest BCUT2D eigenvalue weighted by atomic mass is 79.9. The van der Waals surface area contributed by atoms with Crippen molar-refractivity contribution in [3.63, 3.8) is 0 Å². The SMILES string of the molecule is CCc1ccc([C@@H]2[C@H](N)C(=O)N2c2ccc(Br)cc2)cc1. The summed E-state index contributed by atoms with van der Waals surface area (Å²) in [6.45, 7) is 2.13. The summed E-state index contributed by atoms with van der Waals surface area (Å²) in [5.74, 6) is -0.0260. The molecule has 0 aliphatic carbocycles. The molecule has 0 spiro atoms. The molecule has 2 aromatic carbocycles. The average molecular weight is 345 g/mol. The number of rotatable bonds is 3. The molecule has 2 N–H and O–H groups in total. The molecule has 1 aliphatic heterocycles. The van der Waals surface area contributed by atoms with Gasteiger partial charge < -0.3 is 10.6 Å². The summed E-state index contributed by atoms with van der Waals surface area (Å²) in [5, 5.41) is 0. The maximum atomic E-state index is 12.1. The Bertz CT molecular complexity index is 651. The molecule has 1 amide bonds. The Labute approximate surface area is 132 Å². The van der Waals surface area contributed by atoms with E-state index in [1.54, 1.807) is 4.90 Å². The normalized spacial score (nSPS) is 21.3. The molecule has 0 aromatic heterocycles. The van der Waals surface area contributed by atoms with Crippen molar-refractivity contribution in [3.05, 3.63) is 64.1 Å². The van der Waals surface area contributed by atoms with Gasteiger partial charge in [0.05, 0.1) is 6.04 Å². The zero-order chi connectivity index (χ0) is 15.0. The number of hydrogen-bond donors (Lipinski definition) is 1. The number of β-lactam (4-membered cyclic amide) rings is 1. The van der Waals surface area contributed by atoms with Crippen molar-refractivity contribution in [3.8, 4) is 0 Å². The van der Waals surface area contributed by atoms with Crippen LogP contribution in [0.1, 0.15) is 24.1 Å². The van der Waals surface area contributed by atoms with Gasteiger partial charge in [-0.15, -0.1) is 0 Å². The topological polar surface area (TPSA) is 46.3 Å². The van der Waals surface area contributed by atoms with E-state index in [-0.39, 0.29) is 11.9 Å². The Morgan fingerprint density at radius 3 is 2.29 bits per heavy atom. The van der Waals surface area contributed by atoms with Crippen LogP contribution in [0.15, 0.2) is 53.0 Å². The van der Waals surface area contributed by atoms with Gasteiger partial charge in [0.1, 0.15) is 6.04 Å². The minimum atomic E-state index is -0.457. The van der Waals surface area contributed by atoms with Crippen molar-refractivity contribution in [1.82, 2.24) is 0 Å². The standard InChI is InChI=1S/C17H17BrN2O/c1-2-11-3-5-12(6-4-11)16-15(19)17(21)20(16)14-9-7-13(18)8-10-14/h3-10,15-16H,2,19H2,1H3/t15-,16+/m0/s1. The van der Waals surface area contributed by atoms with Crippen molar-refractivity contribution in [2.45, 2.75) is 25.4 Å². The largest absolute Gasteiger partial charge is 0.318 e. The molecule has 21 heavy (non-hydrogen) atoms. The summed E-state index contributed by atoms with van der Waals surface area (Å²) in [4.78, 5) is 13.9. The number of nitrogens with zero attached hydrogens (tertiary/aromatic N) is 1. The fraction of sp³-hybridized carbons (Fsp3) is 0.235. The monoisotopic (exact) mass is 344 g/mol. The molecule has 4 heteroatoms. The lowest BCUT2D eigenvalue weighted by atomic mass is 9.88. The van der Waals surface area contributed by atoms with E-state index in [4.69, 9.17) is 5.73 Å². The van der Waals surface area contributed by atoms with E-state index >= 15 is 0 Å². The molecule has 3 rings (SSSR count). The molecule has 1 aliphatic rings. The van der Waals surface area contributed by atoms with E-state index in [0.717, 1.165) is 22.1 Å². The number of benzene rings is 2. The number of nitrogens with two attached hydrogens (primary N) is 1. The smallest absolute Gasteiger partial charge is 0.247 e. The molecule has 0 radical (unpaired) electrons. The van der Waals surface area contributed by atoms with Gasteiger partial charge in [-0.1, -0.05) is 47.1 Å². The van der Waals surface area contributed by atoms with Crippen molar-refractivity contribution >= 4 is 27.5 Å². The first-order valence-electron chi connectivity index (χ1n) is 7.05. The van der Waals surface area contributed by atoms with Crippen LogP contribution in [0, 0.1) is 0 Å². The summed E-state index contributed by atoms with van der Waals surface area (Å²) in [7, 11) is 0. The number of amides is 1. The van der Waals surface area contributed by atoms with E-state index in [1.807, 2.05) is 24.3 Å². The quantitative estimate of drug-likeness (QED) is 0.867. The van der Waals surface area contributed by atoms with Gasteiger partial charge in [-0.3, -0.25) is 4.79 Å². The fourth-order valence-electron chi connectivity index (χ4n) is 2.71. The third-order valence-electron chi connectivity index (χ3n) is 3.98. The molecular formula is C17H17BrN2O. The lowest BCUT2D eigenvalue weighted by Gasteiger charge is -2.45. The predicted octanol–water partition coefficient (Wildman–Crippen LogP) is 3.43. The lowest BCUT2D eigenvalue weighted by molar-refractivity contribution is -0.126. The van der Waals surface area contributed by atoms with Gasteiger partial charge in [-0.25, -0.2) is 0 Å². The van der Waals surface area contributed by atoms with E-state index in [2.05, 4.69) is 47.1 Å². The van der Waals surface area contributed by atoms with E-state index in [9.17, 15) is 4.79 Å². The van der Waals surface area contributed by atoms with Crippen molar-refractivity contribution in [2.75, 3.05) is 4.90 Å². The second kappa shape index (κ2) is 5.62. The predicted molar refractivity (Wildman–Crippen MR) is 88.2 cm³/mol. The number of halogens is 1. The minimum absolute atomic E-state index is 0.0260. The van der Waals surface area contributed by atoms with Gasteiger partial charge in [0.2, 0.25) is 5.91 Å². The Morgan fingerprint density at radius 1 is 1.10 bits per heavy atom. The van der Waals surface area contributed by atoms with Crippen LogP contribution in [0.25, 0.3) is 0 Å². The Balaban J connectivity index is 1.92. The van der Waals surface area contributed by atoms with Gasteiger partial charge in [0.15, 0.2) is 0 Å². The molecule has 1 heterocycles. The van der Waals surface area contributed by atoms with Crippen molar-refractivity contribution in [2.24, 2.45) is 5.73 Å². The first-order valence-corrected chi connectivity index (χ1v) is 7.84. The third kappa shape index (κ3) is 2.49. The zero-order valence-electron chi connectivity index (χ0n) is 11.8. The molecule has 3 nitrogen and oxygen atoms in total. The van der Waals surface area contributed by atoms with Crippen LogP contribution in [0.4, 0.5) is 5.69 Å². The van der Waals surface area contributed by atoms with E-state index in [1.165, 1.54) is 5.56 Å². The molecular weight excluding hydrogens is 328 g/mol. The van der Waals surface area contributed by atoms with Gasteiger partial charge in [0, 0.05) is 10.2 Å². The molecule has 2 aromatic rings. The Morgan fingerprint density at radius 2 is 1.71 bits per heavy atom. The first kappa shape index (κ1) is 14.3. The van der Waals surface area contributed by atoms with Crippen LogP contribution in [0.2, 0.25) is 0 Å². The highest BCUT2D eigenvalue weighted by Gasteiger charge is 2.46. The van der Waals surface area contributed by atoms with Gasteiger partial charge in [0.25, 0.3) is 0 Å². The average Bonchev–Trinajstić information content (AvgIpc) is 2.53. The summed E-state index contributed by atoms with van der Waals surface area (Å²) in [5.41, 5.74) is 9.28. The summed E-state index contributed by atoms with van der Waals surface area (Å²) in [6.07, 6.45) is 1.01. The Kier molecular flexibility index (Phi) is 3.83. The Hall–Kier alpha value is -1.65. The maximum Gasteiger partial charge on any atom is 0.247 e. The number of aryl methyl sites for hydroxylation is 1. The molecule has 0 unspecified atom stereocenters. The zero-order valence-corrected chi connectivity index (χ0v) is 13.4. The number of carbonyl (C=O) groups is 1. The van der Waals surface area contributed by atoms with Crippen molar-refractivity contribution < 1.29 is 4.79 Å². The second-order valence-electron chi connectivity index (χ2n) is 5.25. The summed E-state index contributed by atoms with van der Waals surface area (Å²) >= 11 is 3.41. The lowest BCUT2D eigenvalue weighted by Crippen LogP contribution is -2.63. The van der Waals surface area contributed by atoms with Crippen LogP contribution in [0.5, 0.6) is 0 Å². The summed E-state index contributed by atoms with van der Waals surface area (Å²) < 4.78 is 0.993. The van der Waals surface area contributed by atoms with E-state index < -0.39 is 6.04 Å². The molecule has 0 bridgehead atoms.